The molecule has 0 unspecified atom stereocenters. The van der Waals surface area contributed by atoms with Crippen LogP contribution in [0.2, 0.25) is 0 Å². The van der Waals surface area contributed by atoms with Gasteiger partial charge in [0, 0.05) is 18.2 Å². The minimum absolute atomic E-state index is 0.00497. The number of nitro groups is 1. The van der Waals surface area contributed by atoms with Crippen molar-refractivity contribution in [1.82, 2.24) is 0 Å². The first-order valence-electron chi connectivity index (χ1n) is 6.22. The summed E-state index contributed by atoms with van der Waals surface area (Å²) in [4.78, 5) is 34.4. The zero-order valence-corrected chi connectivity index (χ0v) is 12.0. The largest absolute Gasteiger partial charge is 0.480 e. The number of carbonyl (C=O) groups excluding carboxylic acids is 1. The number of anilines is 1. The van der Waals surface area contributed by atoms with Crippen LogP contribution >= 0.6 is 0 Å². The molecule has 0 atom stereocenters. The fraction of sp³-hybridized carbons (Fsp3) is 0.385. The van der Waals surface area contributed by atoms with E-state index < -0.39 is 22.3 Å². The smallest absolute Gasteiger partial charge is 0.328 e. The number of likely N-dealkylation sites (N-methyl/N-ethyl adjacent to an activating group) is 1. The number of amides is 1. The number of benzene rings is 1. The van der Waals surface area contributed by atoms with Gasteiger partial charge in [0.15, 0.2) is 0 Å². The summed E-state index contributed by atoms with van der Waals surface area (Å²) in [5.41, 5.74) is 3.53. The third-order valence-electron chi connectivity index (χ3n) is 3.26. The quantitative estimate of drug-likeness (QED) is 0.603. The molecule has 0 fully saturated rings. The van der Waals surface area contributed by atoms with Gasteiger partial charge < -0.3 is 15.7 Å². The molecule has 1 aromatic carbocycles. The number of hydrogen-bond acceptors (Lipinski definition) is 5. The lowest BCUT2D eigenvalue weighted by Crippen LogP contribution is -2.50. The van der Waals surface area contributed by atoms with Crippen LogP contribution < -0.4 is 10.6 Å². The summed E-state index contributed by atoms with van der Waals surface area (Å²) in [6.45, 7) is 4.83. The molecule has 0 heterocycles. The maximum absolute atomic E-state index is 11.4. The Balaban J connectivity index is 3.50. The molecule has 3 N–H and O–H groups in total. The summed E-state index contributed by atoms with van der Waals surface area (Å²) < 4.78 is 0. The number of nitro benzene ring substituents is 1. The van der Waals surface area contributed by atoms with Crippen LogP contribution in [0.1, 0.15) is 31.1 Å². The molecule has 114 valence electrons. The molecular weight excluding hydrogens is 278 g/mol. The third kappa shape index (κ3) is 3.10. The zero-order valence-electron chi connectivity index (χ0n) is 12.0. The van der Waals surface area contributed by atoms with Crippen molar-refractivity contribution >= 4 is 23.3 Å². The summed E-state index contributed by atoms with van der Waals surface area (Å²) >= 11 is 0. The Hall–Kier alpha value is -2.64. The maximum Gasteiger partial charge on any atom is 0.328 e. The van der Waals surface area contributed by atoms with Gasteiger partial charge in [-0.3, -0.25) is 14.9 Å². The van der Waals surface area contributed by atoms with Gasteiger partial charge in [-0.25, -0.2) is 4.79 Å². The van der Waals surface area contributed by atoms with Crippen LogP contribution in [0.5, 0.6) is 0 Å². The zero-order chi connectivity index (χ0) is 16.4. The van der Waals surface area contributed by atoms with E-state index in [2.05, 4.69) is 0 Å². The number of hydrogen-bond donors (Lipinski definition) is 2. The van der Waals surface area contributed by atoms with Gasteiger partial charge in [-0.2, -0.15) is 0 Å². The fourth-order valence-corrected chi connectivity index (χ4v) is 2.03. The van der Waals surface area contributed by atoms with Gasteiger partial charge in [0.2, 0.25) is 5.91 Å². The predicted molar refractivity (Wildman–Crippen MR) is 76.3 cm³/mol. The van der Waals surface area contributed by atoms with Gasteiger partial charge in [0.1, 0.15) is 11.2 Å². The Morgan fingerprint density at radius 2 is 2.00 bits per heavy atom. The van der Waals surface area contributed by atoms with Crippen molar-refractivity contribution in [3.63, 3.8) is 0 Å². The number of nitrogens with zero attached hydrogens (tertiary/aromatic N) is 2. The number of aliphatic carboxylic acids is 1. The second kappa shape index (κ2) is 5.78. The number of rotatable bonds is 6. The maximum atomic E-state index is 11.4. The number of carbonyl (C=O) groups is 2. The van der Waals surface area contributed by atoms with Crippen molar-refractivity contribution in [2.75, 3.05) is 11.4 Å². The molecule has 8 heteroatoms. The van der Waals surface area contributed by atoms with Crippen molar-refractivity contribution in [2.24, 2.45) is 5.73 Å². The molecule has 1 amide bonds. The highest BCUT2D eigenvalue weighted by molar-refractivity contribution is 5.95. The van der Waals surface area contributed by atoms with E-state index in [0.29, 0.717) is 0 Å². The Labute approximate surface area is 121 Å². The van der Waals surface area contributed by atoms with Crippen molar-refractivity contribution in [2.45, 2.75) is 26.3 Å². The fourth-order valence-electron chi connectivity index (χ4n) is 2.03. The highest BCUT2D eigenvalue weighted by Gasteiger charge is 2.37. The second-order valence-corrected chi connectivity index (χ2v) is 4.93. The third-order valence-corrected chi connectivity index (χ3v) is 3.26. The number of carboxylic acids is 1. The number of primary amides is 1. The molecule has 0 aliphatic heterocycles. The van der Waals surface area contributed by atoms with Gasteiger partial charge in [0.25, 0.3) is 5.69 Å². The van der Waals surface area contributed by atoms with Crippen LogP contribution in [0, 0.1) is 10.1 Å². The Bertz CT molecular complexity index is 597. The summed E-state index contributed by atoms with van der Waals surface area (Å²) in [6.07, 6.45) is 0. The molecule has 0 bridgehead atoms. The van der Waals surface area contributed by atoms with E-state index in [4.69, 9.17) is 5.73 Å². The molecule has 1 aromatic rings. The standard InChI is InChI=1S/C13H17N3O5/c1-4-15(13(2,3)12(18)19)9-6-5-8(11(14)17)7-10(9)16(20)21/h5-7H,4H2,1-3H3,(H2,14,17)(H,18,19). The van der Waals surface area contributed by atoms with E-state index in [9.17, 15) is 24.8 Å². The SMILES string of the molecule is CCN(c1ccc(C(N)=O)cc1[N+](=O)[O-])C(C)(C)C(=O)O. The molecule has 0 saturated heterocycles. The number of carboxylic acid groups (broad SMARTS) is 1. The molecule has 21 heavy (non-hydrogen) atoms. The average Bonchev–Trinajstić information content (AvgIpc) is 2.38. The summed E-state index contributed by atoms with van der Waals surface area (Å²) in [5, 5.41) is 20.5. The summed E-state index contributed by atoms with van der Waals surface area (Å²) in [7, 11) is 0. The molecule has 0 saturated carbocycles. The molecule has 0 aromatic heterocycles. The van der Waals surface area contributed by atoms with E-state index in [1.807, 2.05) is 0 Å². The van der Waals surface area contributed by atoms with Gasteiger partial charge in [0.05, 0.1) is 4.92 Å². The van der Waals surface area contributed by atoms with Gasteiger partial charge in [-0.1, -0.05) is 0 Å². The molecule has 0 aliphatic carbocycles. The minimum Gasteiger partial charge on any atom is -0.480 e. The predicted octanol–water partition coefficient (Wildman–Crippen LogP) is 1.38. The first kappa shape index (κ1) is 16.4. The van der Waals surface area contributed by atoms with Crippen LogP contribution in [0.3, 0.4) is 0 Å². The van der Waals surface area contributed by atoms with Gasteiger partial charge in [-0.05, 0) is 32.9 Å². The monoisotopic (exact) mass is 295 g/mol. The lowest BCUT2D eigenvalue weighted by molar-refractivity contribution is -0.384. The van der Waals surface area contributed by atoms with E-state index in [1.54, 1.807) is 6.92 Å². The Morgan fingerprint density at radius 3 is 2.38 bits per heavy atom. The van der Waals surface area contributed by atoms with Crippen LogP contribution in [-0.4, -0.2) is 34.0 Å². The molecule has 1 rings (SSSR count). The van der Waals surface area contributed by atoms with Gasteiger partial charge >= 0.3 is 5.97 Å². The Kier molecular flexibility index (Phi) is 4.52. The molecule has 0 aliphatic rings. The van der Waals surface area contributed by atoms with Crippen molar-refractivity contribution in [3.05, 3.63) is 33.9 Å². The van der Waals surface area contributed by atoms with E-state index in [1.165, 1.54) is 30.9 Å². The van der Waals surface area contributed by atoms with Crippen molar-refractivity contribution in [1.29, 1.82) is 0 Å². The first-order valence-corrected chi connectivity index (χ1v) is 6.22. The highest BCUT2D eigenvalue weighted by Crippen LogP contribution is 2.33. The Morgan fingerprint density at radius 1 is 1.43 bits per heavy atom. The van der Waals surface area contributed by atoms with Crippen molar-refractivity contribution < 1.29 is 19.6 Å². The minimum atomic E-state index is -1.34. The number of nitrogens with two attached hydrogens (primary N) is 1. The molecule has 8 nitrogen and oxygen atoms in total. The summed E-state index contributed by atoms with van der Waals surface area (Å²) in [6, 6.07) is 3.73. The van der Waals surface area contributed by atoms with E-state index >= 15 is 0 Å². The van der Waals surface area contributed by atoms with E-state index in [-0.39, 0.29) is 23.5 Å². The molecule has 0 radical (unpaired) electrons. The second-order valence-electron chi connectivity index (χ2n) is 4.93. The summed E-state index contributed by atoms with van der Waals surface area (Å²) in [5.74, 6) is -1.90. The van der Waals surface area contributed by atoms with Crippen LogP contribution in [-0.2, 0) is 4.79 Å². The van der Waals surface area contributed by atoms with Crippen LogP contribution in [0.15, 0.2) is 18.2 Å². The normalized spacial score (nSPS) is 11.0. The molecular formula is C13H17N3O5. The van der Waals surface area contributed by atoms with Crippen LogP contribution in [0.25, 0.3) is 0 Å². The highest BCUT2D eigenvalue weighted by atomic mass is 16.6. The lowest BCUT2D eigenvalue weighted by atomic mass is 10.0. The van der Waals surface area contributed by atoms with Crippen molar-refractivity contribution in [3.8, 4) is 0 Å². The lowest BCUT2D eigenvalue weighted by Gasteiger charge is -2.35. The molecule has 0 spiro atoms. The van der Waals surface area contributed by atoms with E-state index in [0.717, 1.165) is 6.07 Å². The van der Waals surface area contributed by atoms with Gasteiger partial charge in [-0.15, -0.1) is 0 Å². The first-order chi connectivity index (χ1) is 9.62. The van der Waals surface area contributed by atoms with Crippen LogP contribution in [0.4, 0.5) is 11.4 Å². The topological polar surface area (TPSA) is 127 Å². The average molecular weight is 295 g/mol.